The van der Waals surface area contributed by atoms with Gasteiger partial charge in [-0.25, -0.2) is 4.79 Å². The van der Waals surface area contributed by atoms with E-state index in [1.807, 2.05) is 32.0 Å². The third-order valence-electron chi connectivity index (χ3n) is 4.64. The number of amides is 1. The predicted octanol–water partition coefficient (Wildman–Crippen LogP) is 4.28. The number of carboxylic acid groups (broad SMARTS) is 1. The van der Waals surface area contributed by atoms with Crippen LogP contribution in [0.25, 0.3) is 0 Å². The second-order valence-electron chi connectivity index (χ2n) is 7.19. The van der Waals surface area contributed by atoms with Crippen LogP contribution in [0.5, 0.6) is 0 Å². The molecule has 0 spiro atoms. The summed E-state index contributed by atoms with van der Waals surface area (Å²) < 4.78 is 9.65. The van der Waals surface area contributed by atoms with Crippen molar-refractivity contribution >= 4 is 23.5 Å². The molecule has 0 radical (unpaired) electrons. The molecule has 0 aliphatic carbocycles. The van der Waals surface area contributed by atoms with Gasteiger partial charge in [0.2, 0.25) is 0 Å². The van der Waals surface area contributed by atoms with Crippen molar-refractivity contribution < 1.29 is 29.0 Å². The monoisotopic (exact) mass is 423 g/mol. The van der Waals surface area contributed by atoms with Crippen molar-refractivity contribution in [3.63, 3.8) is 0 Å². The average molecular weight is 424 g/mol. The highest BCUT2D eigenvalue weighted by atomic mass is 16.5. The second-order valence-corrected chi connectivity index (χ2v) is 7.19. The summed E-state index contributed by atoms with van der Waals surface area (Å²) in [6, 6.07) is 5.01. The topological polar surface area (TPSA) is 93.1 Å². The normalized spacial score (nSPS) is 11.1. The van der Waals surface area contributed by atoms with E-state index in [1.54, 1.807) is 6.92 Å². The first-order chi connectivity index (χ1) is 14.2. The van der Waals surface area contributed by atoms with Gasteiger partial charge < -0.3 is 14.6 Å². The Morgan fingerprint density at radius 1 is 1.03 bits per heavy atom. The molecule has 7 heteroatoms. The van der Waals surface area contributed by atoms with E-state index in [-0.39, 0.29) is 12.5 Å². The first-order valence-corrected chi connectivity index (χ1v) is 10.4. The Morgan fingerprint density at radius 2 is 1.60 bits per heavy atom. The summed E-state index contributed by atoms with van der Waals surface area (Å²) in [5, 5.41) is 8.27. The lowest BCUT2D eigenvalue weighted by molar-refractivity contribution is -0.143. The quantitative estimate of drug-likeness (QED) is 0.422. The zero-order valence-electron chi connectivity index (χ0n) is 19.2. The van der Waals surface area contributed by atoms with Gasteiger partial charge in [-0.3, -0.25) is 14.5 Å². The standard InChI is InChI=1S/C15H21NO4.C8H16O2/c1-10-7-6-8-11(2)14(10)16(13(17)9-19-4)12(3)15(18)20-5;1-2-3-4-5-6-7-8(9)10/h6-8,12H,9H2,1-5H3;2-7H2,1H3,(H,9,10). The number of benzene rings is 1. The first-order valence-electron chi connectivity index (χ1n) is 10.4. The zero-order valence-corrected chi connectivity index (χ0v) is 19.2. The number of carbonyl (C=O) groups is 3. The Morgan fingerprint density at radius 3 is 2.07 bits per heavy atom. The molecule has 0 bridgehead atoms. The van der Waals surface area contributed by atoms with Crippen LogP contribution >= 0.6 is 0 Å². The summed E-state index contributed by atoms with van der Waals surface area (Å²) in [6.07, 6.45) is 5.88. The molecule has 0 aromatic heterocycles. The van der Waals surface area contributed by atoms with Crippen LogP contribution in [0.2, 0.25) is 0 Å². The van der Waals surface area contributed by atoms with Gasteiger partial charge in [0.15, 0.2) is 0 Å². The average Bonchev–Trinajstić information content (AvgIpc) is 2.70. The number of anilines is 1. The maximum absolute atomic E-state index is 12.3. The largest absolute Gasteiger partial charge is 0.481 e. The maximum Gasteiger partial charge on any atom is 0.328 e. The maximum atomic E-state index is 12.3. The number of esters is 1. The van der Waals surface area contributed by atoms with Crippen LogP contribution in [-0.2, 0) is 23.9 Å². The highest BCUT2D eigenvalue weighted by Crippen LogP contribution is 2.27. The van der Waals surface area contributed by atoms with Gasteiger partial charge >= 0.3 is 11.9 Å². The third-order valence-corrected chi connectivity index (χ3v) is 4.64. The van der Waals surface area contributed by atoms with Gasteiger partial charge in [0, 0.05) is 13.5 Å². The van der Waals surface area contributed by atoms with Gasteiger partial charge in [-0.1, -0.05) is 50.8 Å². The molecule has 1 N–H and O–H groups in total. The van der Waals surface area contributed by atoms with Gasteiger partial charge in [-0.2, -0.15) is 0 Å². The molecule has 170 valence electrons. The van der Waals surface area contributed by atoms with Gasteiger partial charge in [-0.05, 0) is 38.3 Å². The second kappa shape index (κ2) is 15.4. The number of aryl methyl sites for hydroxylation is 2. The molecule has 7 nitrogen and oxygen atoms in total. The lowest BCUT2D eigenvalue weighted by Crippen LogP contribution is -2.46. The number of rotatable bonds is 11. The molecule has 0 aliphatic heterocycles. The number of para-hydroxylation sites is 1. The van der Waals surface area contributed by atoms with Crippen LogP contribution in [0, 0.1) is 13.8 Å². The number of carboxylic acids is 1. The molecular weight excluding hydrogens is 386 g/mol. The van der Waals surface area contributed by atoms with Gasteiger partial charge in [-0.15, -0.1) is 0 Å². The van der Waals surface area contributed by atoms with Crippen LogP contribution in [0.4, 0.5) is 5.69 Å². The Balaban J connectivity index is 0.000000710. The van der Waals surface area contributed by atoms with E-state index < -0.39 is 18.0 Å². The van der Waals surface area contributed by atoms with E-state index >= 15 is 0 Å². The lowest BCUT2D eigenvalue weighted by Gasteiger charge is -2.30. The molecule has 0 heterocycles. The minimum absolute atomic E-state index is 0.0882. The molecule has 0 fully saturated rings. The van der Waals surface area contributed by atoms with Crippen LogP contribution in [0.3, 0.4) is 0 Å². The fraction of sp³-hybridized carbons (Fsp3) is 0.609. The fourth-order valence-corrected chi connectivity index (χ4v) is 3.07. The number of hydrogen-bond acceptors (Lipinski definition) is 5. The highest BCUT2D eigenvalue weighted by molar-refractivity contribution is 6.01. The summed E-state index contributed by atoms with van der Waals surface area (Å²) in [4.78, 5) is 35.6. The van der Waals surface area contributed by atoms with Gasteiger partial charge in [0.05, 0.1) is 12.8 Å². The van der Waals surface area contributed by atoms with Crippen LogP contribution in [0.15, 0.2) is 18.2 Å². The molecule has 1 amide bonds. The fourth-order valence-electron chi connectivity index (χ4n) is 3.07. The molecule has 30 heavy (non-hydrogen) atoms. The smallest absolute Gasteiger partial charge is 0.328 e. The van der Waals surface area contributed by atoms with Crippen molar-refractivity contribution in [1.82, 2.24) is 0 Å². The first kappa shape index (κ1) is 27.6. The van der Waals surface area contributed by atoms with Crippen LogP contribution in [-0.4, -0.2) is 49.8 Å². The van der Waals surface area contributed by atoms with E-state index in [1.165, 1.54) is 38.4 Å². The lowest BCUT2D eigenvalue weighted by atomic mass is 10.1. The van der Waals surface area contributed by atoms with Crippen molar-refractivity contribution in [1.29, 1.82) is 0 Å². The molecule has 0 aliphatic rings. The van der Waals surface area contributed by atoms with E-state index in [0.717, 1.165) is 29.7 Å². The summed E-state index contributed by atoms with van der Waals surface area (Å²) in [5.41, 5.74) is 2.57. The molecule has 1 aromatic carbocycles. The van der Waals surface area contributed by atoms with Crippen molar-refractivity contribution in [3.8, 4) is 0 Å². The van der Waals surface area contributed by atoms with Crippen molar-refractivity contribution in [2.75, 3.05) is 25.7 Å². The number of ether oxygens (including phenoxy) is 2. The van der Waals surface area contributed by atoms with Crippen molar-refractivity contribution in [2.24, 2.45) is 0 Å². The minimum Gasteiger partial charge on any atom is -0.481 e. The summed E-state index contributed by atoms with van der Waals surface area (Å²) >= 11 is 0. The third kappa shape index (κ3) is 9.87. The Hall–Kier alpha value is -2.41. The number of aliphatic carboxylic acids is 1. The number of hydrogen-bond donors (Lipinski definition) is 1. The van der Waals surface area contributed by atoms with E-state index in [2.05, 4.69) is 6.92 Å². The molecule has 0 saturated heterocycles. The highest BCUT2D eigenvalue weighted by Gasteiger charge is 2.29. The van der Waals surface area contributed by atoms with Crippen molar-refractivity contribution in [2.45, 2.75) is 72.3 Å². The number of carbonyl (C=O) groups excluding carboxylic acids is 2. The molecule has 0 saturated carbocycles. The molecular formula is C23H37NO6. The van der Waals surface area contributed by atoms with E-state index in [4.69, 9.17) is 14.6 Å². The zero-order chi connectivity index (χ0) is 23.1. The number of unbranched alkanes of at least 4 members (excludes halogenated alkanes) is 4. The van der Waals surface area contributed by atoms with E-state index in [9.17, 15) is 14.4 Å². The van der Waals surface area contributed by atoms with Crippen LogP contribution < -0.4 is 4.90 Å². The molecule has 1 unspecified atom stereocenters. The predicted molar refractivity (Wildman–Crippen MR) is 118 cm³/mol. The number of nitrogens with zero attached hydrogens (tertiary/aromatic N) is 1. The summed E-state index contributed by atoms with van der Waals surface area (Å²) in [5.74, 6) is -1.41. The minimum atomic E-state index is -0.706. The van der Waals surface area contributed by atoms with Gasteiger partial charge in [0.25, 0.3) is 5.91 Å². The SMILES string of the molecule is CCCCCCCC(=O)O.COCC(=O)N(c1c(C)cccc1C)C(C)C(=O)OC. The number of methoxy groups -OCH3 is 2. The molecule has 1 rings (SSSR count). The molecule has 1 aromatic rings. The van der Waals surface area contributed by atoms with Crippen LogP contribution in [0.1, 0.15) is 63.5 Å². The summed E-state index contributed by atoms with van der Waals surface area (Å²) in [6.45, 7) is 7.51. The summed E-state index contributed by atoms with van der Waals surface area (Å²) in [7, 11) is 2.76. The van der Waals surface area contributed by atoms with E-state index in [0.29, 0.717) is 6.42 Å². The Labute approximate surface area is 180 Å². The molecule has 1 atom stereocenters. The Kier molecular flexibility index (Phi) is 14.2. The van der Waals surface area contributed by atoms with Gasteiger partial charge in [0.1, 0.15) is 12.6 Å². The van der Waals surface area contributed by atoms with Crippen molar-refractivity contribution in [3.05, 3.63) is 29.3 Å². The Bertz CT molecular complexity index is 653.